The van der Waals surface area contributed by atoms with Crippen LogP contribution >= 0.6 is 0 Å². The van der Waals surface area contributed by atoms with E-state index in [1.165, 1.54) is 6.08 Å². The zero-order chi connectivity index (χ0) is 8.48. The number of rotatable bonds is 1. The molecule has 0 aromatic rings. The summed E-state index contributed by atoms with van der Waals surface area (Å²) in [6.07, 6.45) is 2.25. The molecule has 2 atom stereocenters. The Morgan fingerprint density at radius 2 is 2.55 bits per heavy atom. The zero-order valence-corrected chi connectivity index (χ0v) is 6.08. The fraction of sp³-hybridized carbons (Fsp3) is 0.500. The predicted molar refractivity (Wildman–Crippen MR) is 38.5 cm³/mol. The highest BCUT2D eigenvalue weighted by molar-refractivity contribution is 5.95. The molecule has 11 heavy (non-hydrogen) atoms. The minimum Gasteiger partial charge on any atom is -0.369 e. The number of nitrogens with zero attached hydrogens (tertiary/aromatic N) is 1. The number of carbonyl (C=O) groups is 1. The number of nitriles is 1. The molecule has 1 N–H and O–H groups in total. The van der Waals surface area contributed by atoms with Gasteiger partial charge in [0.15, 0.2) is 5.78 Å². The standard InChI is InChI=1S/C8H9NO2/c1-2-6-3-4-8(11,5-9)7(6)10/h2,6,11H,1,3-4H2. The van der Waals surface area contributed by atoms with Crippen LogP contribution in [0.25, 0.3) is 0 Å². The van der Waals surface area contributed by atoms with E-state index in [9.17, 15) is 9.90 Å². The van der Waals surface area contributed by atoms with E-state index in [1.807, 2.05) is 0 Å². The highest BCUT2D eigenvalue weighted by Crippen LogP contribution is 2.30. The van der Waals surface area contributed by atoms with Crippen LogP contribution in [0.2, 0.25) is 0 Å². The van der Waals surface area contributed by atoms with Crippen molar-refractivity contribution in [3.05, 3.63) is 12.7 Å². The number of Topliss-reactive ketones (excluding diaryl/α,β-unsaturated/α-hetero) is 1. The van der Waals surface area contributed by atoms with Crippen molar-refractivity contribution in [3.63, 3.8) is 0 Å². The minimum atomic E-state index is -1.74. The molecule has 1 rings (SSSR count). The normalized spacial score (nSPS) is 36.7. The van der Waals surface area contributed by atoms with Gasteiger partial charge in [-0.25, -0.2) is 0 Å². The fourth-order valence-corrected chi connectivity index (χ4v) is 1.26. The number of ketones is 1. The lowest BCUT2D eigenvalue weighted by molar-refractivity contribution is -0.130. The van der Waals surface area contributed by atoms with Gasteiger partial charge < -0.3 is 5.11 Å². The van der Waals surface area contributed by atoms with E-state index in [0.717, 1.165) is 0 Å². The topological polar surface area (TPSA) is 61.1 Å². The van der Waals surface area contributed by atoms with Crippen LogP contribution in [0.15, 0.2) is 12.7 Å². The molecule has 0 saturated heterocycles. The molecular weight excluding hydrogens is 142 g/mol. The molecule has 1 aliphatic carbocycles. The molecule has 0 aromatic carbocycles. The summed E-state index contributed by atoms with van der Waals surface area (Å²) < 4.78 is 0. The van der Waals surface area contributed by atoms with Crippen LogP contribution in [0.5, 0.6) is 0 Å². The average Bonchev–Trinajstić information content (AvgIpc) is 2.31. The van der Waals surface area contributed by atoms with E-state index < -0.39 is 11.4 Å². The Kier molecular flexibility index (Phi) is 1.79. The van der Waals surface area contributed by atoms with Crippen molar-refractivity contribution in [1.29, 1.82) is 5.26 Å². The highest BCUT2D eigenvalue weighted by atomic mass is 16.3. The second-order valence-electron chi connectivity index (χ2n) is 2.72. The zero-order valence-electron chi connectivity index (χ0n) is 6.08. The summed E-state index contributed by atoms with van der Waals surface area (Å²) in [5.41, 5.74) is -1.74. The maximum Gasteiger partial charge on any atom is 0.210 e. The quantitative estimate of drug-likeness (QED) is 0.436. The summed E-state index contributed by atoms with van der Waals surface area (Å²) in [5.74, 6) is -0.741. The Morgan fingerprint density at radius 3 is 2.82 bits per heavy atom. The van der Waals surface area contributed by atoms with Gasteiger partial charge in [-0.05, 0) is 12.8 Å². The molecular formula is C8H9NO2. The van der Waals surface area contributed by atoms with Crippen LogP contribution in [0.3, 0.4) is 0 Å². The Labute approximate surface area is 64.9 Å². The number of hydrogen-bond acceptors (Lipinski definition) is 3. The van der Waals surface area contributed by atoms with Crippen LogP contribution in [-0.4, -0.2) is 16.5 Å². The van der Waals surface area contributed by atoms with Crippen LogP contribution < -0.4 is 0 Å². The lowest BCUT2D eigenvalue weighted by Gasteiger charge is -2.09. The van der Waals surface area contributed by atoms with Crippen molar-refractivity contribution in [2.45, 2.75) is 18.4 Å². The molecule has 0 bridgehead atoms. The fourth-order valence-electron chi connectivity index (χ4n) is 1.26. The van der Waals surface area contributed by atoms with Gasteiger partial charge in [-0.15, -0.1) is 6.58 Å². The maximum atomic E-state index is 11.1. The lowest BCUT2D eigenvalue weighted by atomic mass is 10.0. The van der Waals surface area contributed by atoms with E-state index >= 15 is 0 Å². The number of aliphatic hydroxyl groups is 1. The molecule has 58 valence electrons. The number of carbonyl (C=O) groups excluding carboxylic acids is 1. The molecule has 0 aliphatic heterocycles. The van der Waals surface area contributed by atoms with E-state index in [0.29, 0.717) is 6.42 Å². The predicted octanol–water partition coefficient (Wildman–Crippen LogP) is 0.406. The van der Waals surface area contributed by atoms with Crippen molar-refractivity contribution in [3.8, 4) is 6.07 Å². The van der Waals surface area contributed by atoms with Gasteiger partial charge in [0.1, 0.15) is 6.07 Å². The van der Waals surface area contributed by atoms with E-state index in [2.05, 4.69) is 6.58 Å². The van der Waals surface area contributed by atoms with E-state index in [-0.39, 0.29) is 12.3 Å². The molecule has 0 aromatic heterocycles. The third-order valence-electron chi connectivity index (χ3n) is 2.03. The molecule has 1 fully saturated rings. The van der Waals surface area contributed by atoms with Crippen molar-refractivity contribution >= 4 is 5.78 Å². The third kappa shape index (κ3) is 1.06. The summed E-state index contributed by atoms with van der Waals surface area (Å²) in [5, 5.41) is 17.8. The number of hydrogen-bond donors (Lipinski definition) is 1. The van der Waals surface area contributed by atoms with Gasteiger partial charge in [-0.2, -0.15) is 5.26 Å². The van der Waals surface area contributed by atoms with Crippen LogP contribution in [0.4, 0.5) is 0 Å². The molecule has 0 heterocycles. The molecule has 0 amide bonds. The Hall–Kier alpha value is -1.14. The largest absolute Gasteiger partial charge is 0.369 e. The second-order valence-corrected chi connectivity index (χ2v) is 2.72. The first-order chi connectivity index (χ1) is 5.14. The molecule has 3 heteroatoms. The molecule has 1 saturated carbocycles. The first-order valence-electron chi connectivity index (χ1n) is 3.44. The summed E-state index contributed by atoms with van der Waals surface area (Å²) in [6, 6.07) is 1.61. The molecule has 0 spiro atoms. The smallest absolute Gasteiger partial charge is 0.210 e. The lowest BCUT2D eigenvalue weighted by Crippen LogP contribution is -2.33. The Balaban J connectivity index is 2.88. The molecule has 2 unspecified atom stereocenters. The van der Waals surface area contributed by atoms with Crippen molar-refractivity contribution < 1.29 is 9.90 Å². The monoisotopic (exact) mass is 151 g/mol. The second kappa shape index (κ2) is 2.48. The van der Waals surface area contributed by atoms with Gasteiger partial charge in [-0.1, -0.05) is 6.08 Å². The van der Waals surface area contributed by atoms with Gasteiger partial charge in [-0.3, -0.25) is 4.79 Å². The van der Waals surface area contributed by atoms with Crippen LogP contribution in [0, 0.1) is 17.2 Å². The Bertz CT molecular complexity index is 241. The molecule has 0 radical (unpaired) electrons. The van der Waals surface area contributed by atoms with Crippen LogP contribution in [-0.2, 0) is 4.79 Å². The SMILES string of the molecule is C=CC1CCC(O)(C#N)C1=O. The van der Waals surface area contributed by atoms with Gasteiger partial charge in [0.25, 0.3) is 0 Å². The van der Waals surface area contributed by atoms with Gasteiger partial charge in [0.2, 0.25) is 5.60 Å². The first kappa shape index (κ1) is 7.96. The van der Waals surface area contributed by atoms with Crippen molar-refractivity contribution in [2.75, 3.05) is 0 Å². The third-order valence-corrected chi connectivity index (χ3v) is 2.03. The summed E-state index contributed by atoms with van der Waals surface area (Å²) in [4.78, 5) is 11.1. The van der Waals surface area contributed by atoms with Crippen molar-refractivity contribution in [2.24, 2.45) is 5.92 Å². The van der Waals surface area contributed by atoms with E-state index in [4.69, 9.17) is 5.26 Å². The van der Waals surface area contributed by atoms with Gasteiger partial charge >= 0.3 is 0 Å². The highest BCUT2D eigenvalue weighted by Gasteiger charge is 2.45. The molecule has 1 aliphatic rings. The van der Waals surface area contributed by atoms with Crippen LogP contribution in [0.1, 0.15) is 12.8 Å². The van der Waals surface area contributed by atoms with Gasteiger partial charge in [0.05, 0.1) is 0 Å². The summed E-state index contributed by atoms with van der Waals surface area (Å²) >= 11 is 0. The maximum absolute atomic E-state index is 11.1. The van der Waals surface area contributed by atoms with Crippen molar-refractivity contribution in [1.82, 2.24) is 0 Å². The average molecular weight is 151 g/mol. The number of allylic oxidation sites excluding steroid dienone is 1. The summed E-state index contributed by atoms with van der Waals surface area (Å²) in [6.45, 7) is 3.45. The van der Waals surface area contributed by atoms with E-state index in [1.54, 1.807) is 6.07 Å². The molecule has 3 nitrogen and oxygen atoms in total. The van der Waals surface area contributed by atoms with Gasteiger partial charge in [0, 0.05) is 5.92 Å². The first-order valence-corrected chi connectivity index (χ1v) is 3.44. The Morgan fingerprint density at radius 1 is 1.91 bits per heavy atom. The summed E-state index contributed by atoms with van der Waals surface area (Å²) in [7, 11) is 0. The minimum absolute atomic E-state index is 0.235.